The number of ketones is 1. The predicted molar refractivity (Wildman–Crippen MR) is 73.3 cm³/mol. The van der Waals surface area contributed by atoms with E-state index in [1.54, 1.807) is 18.7 Å². The average molecular weight is 346 g/mol. The average Bonchev–Trinajstić information content (AvgIpc) is 2.28. The smallest absolute Gasteiger partial charge is 0.121 e. The molecule has 0 rings (SSSR count). The van der Waals surface area contributed by atoms with Crippen LogP contribution in [0.3, 0.4) is 0 Å². The van der Waals surface area contributed by atoms with Crippen molar-refractivity contribution in [2.75, 3.05) is 18.1 Å². The molecule has 0 aliphatic carbocycles. The zero-order chi connectivity index (χ0) is 13.1. The molecule has 0 amide bonds. The first-order valence-electron chi connectivity index (χ1n) is 5.71. The van der Waals surface area contributed by atoms with Crippen molar-refractivity contribution >= 4 is 29.7 Å². The van der Waals surface area contributed by atoms with E-state index in [-0.39, 0.29) is 38.5 Å². The summed E-state index contributed by atoms with van der Waals surface area (Å²) in [6, 6.07) is 0. The van der Waals surface area contributed by atoms with Gasteiger partial charge in [0.05, 0.1) is 5.84 Å². The molecule has 0 saturated heterocycles. The molecule has 0 aliphatic rings. The van der Waals surface area contributed by atoms with Crippen molar-refractivity contribution in [2.45, 2.75) is 33.1 Å². The van der Waals surface area contributed by atoms with Crippen LogP contribution in [0.1, 0.15) is 33.1 Å². The fraction of sp³-hybridized carbons (Fsp3) is 0.667. The molecule has 0 aliphatic heterocycles. The molecule has 1 radical (unpaired) electrons. The maximum Gasteiger partial charge on any atom is 0.121 e. The fourth-order valence-corrected chi connectivity index (χ4v) is 2.02. The van der Waals surface area contributed by atoms with Gasteiger partial charge in [0.15, 0.2) is 0 Å². The summed E-state index contributed by atoms with van der Waals surface area (Å²) in [5.74, 6) is 3.43. The number of nitrogens with zero attached hydrogens (tertiary/aromatic N) is 1. The number of hydrogen-bond acceptors (Lipinski definition) is 4. The van der Waals surface area contributed by atoms with E-state index >= 15 is 0 Å². The Morgan fingerprint density at radius 2 is 2.17 bits per heavy atom. The largest absolute Gasteiger partial charge is 0.387 e. The van der Waals surface area contributed by atoms with E-state index in [0.717, 1.165) is 36.6 Å². The quantitative estimate of drug-likeness (QED) is 0.215. The van der Waals surface area contributed by atoms with Crippen molar-refractivity contribution < 1.29 is 42.3 Å². The Morgan fingerprint density at radius 3 is 2.72 bits per heavy atom. The summed E-state index contributed by atoms with van der Waals surface area (Å²) < 4.78 is 0. The van der Waals surface area contributed by atoms with Gasteiger partial charge in [-0.05, 0) is 24.9 Å². The van der Waals surface area contributed by atoms with Gasteiger partial charge in [0.25, 0.3) is 0 Å². The predicted octanol–water partition coefficient (Wildman–Crippen LogP) is 1.63. The molecule has 2 N–H and O–H groups in total. The van der Waals surface area contributed by atoms with Gasteiger partial charge >= 0.3 is 0 Å². The molecule has 101 valence electrons. The number of aldehydes is 1. The van der Waals surface area contributed by atoms with Crippen LogP contribution in [0.4, 0.5) is 0 Å². The number of amidine groups is 1. The Kier molecular flexibility index (Phi) is 15.4. The Balaban J connectivity index is 0. The van der Waals surface area contributed by atoms with Crippen LogP contribution in [0.25, 0.3) is 0 Å². The fourth-order valence-electron chi connectivity index (χ4n) is 1.02. The molecule has 0 aromatic heterocycles. The summed E-state index contributed by atoms with van der Waals surface area (Å²) >= 11 is 1.74. The molecule has 0 unspecified atom stereocenters. The third-order valence-corrected chi connectivity index (χ3v) is 3.42. The van der Waals surface area contributed by atoms with Gasteiger partial charge in [-0.3, -0.25) is 4.99 Å². The van der Waals surface area contributed by atoms with Crippen molar-refractivity contribution in [1.82, 2.24) is 0 Å². The van der Waals surface area contributed by atoms with Crippen LogP contribution in [0.5, 0.6) is 0 Å². The van der Waals surface area contributed by atoms with Crippen LogP contribution in [-0.2, 0) is 42.3 Å². The SMILES string of the molecule is CC(=O)[C-](C)CSCCCC(N)=NCCC=O.[Y]. The van der Waals surface area contributed by atoms with Gasteiger partial charge in [0.2, 0.25) is 0 Å². The molecule has 0 spiro atoms. The Hall–Kier alpha value is 0.134. The summed E-state index contributed by atoms with van der Waals surface area (Å²) in [6.07, 6.45) is 2.98. The van der Waals surface area contributed by atoms with Crippen molar-refractivity contribution in [2.24, 2.45) is 10.7 Å². The molecule has 0 saturated carbocycles. The molecular formula is C12H21N2O2SY-. The standard InChI is InChI=1S/C12H21N2O2S.Y/c1-10(11(2)16)9-17-8-3-5-12(13)14-6-4-7-15;/h7H,3-6,8-9H2,1-2H3,(H2,13,14);/q-1;. The Morgan fingerprint density at radius 1 is 1.50 bits per heavy atom. The molecule has 0 heterocycles. The molecule has 0 aromatic carbocycles. The third-order valence-electron chi connectivity index (χ3n) is 2.20. The molecule has 0 bridgehead atoms. The summed E-state index contributed by atoms with van der Waals surface area (Å²) in [6.45, 7) is 3.94. The molecular weight excluding hydrogens is 325 g/mol. The first kappa shape index (κ1) is 20.5. The third kappa shape index (κ3) is 12.6. The van der Waals surface area contributed by atoms with Gasteiger partial charge in [-0.1, -0.05) is 0 Å². The number of aliphatic imine (C=N–C) groups is 1. The first-order valence-corrected chi connectivity index (χ1v) is 6.87. The number of thioether (sulfide) groups is 1. The van der Waals surface area contributed by atoms with Crippen molar-refractivity contribution in [3.63, 3.8) is 0 Å². The topological polar surface area (TPSA) is 72.5 Å². The zero-order valence-electron chi connectivity index (χ0n) is 11.1. The number of rotatable bonds is 10. The van der Waals surface area contributed by atoms with E-state index < -0.39 is 0 Å². The molecule has 0 atom stereocenters. The number of carbonyl (C=O) groups excluding carboxylic acids is 2. The molecule has 0 aromatic rings. The number of carbonyl (C=O) groups is 2. The van der Waals surface area contributed by atoms with Gasteiger partial charge in [-0.2, -0.15) is 18.7 Å². The number of nitrogens with two attached hydrogens (primary N) is 1. The first-order chi connectivity index (χ1) is 8.07. The van der Waals surface area contributed by atoms with Gasteiger partial charge in [-0.25, -0.2) is 0 Å². The normalized spacial score (nSPS) is 10.7. The summed E-state index contributed by atoms with van der Waals surface area (Å²) in [5.41, 5.74) is 5.67. The maximum atomic E-state index is 10.9. The minimum Gasteiger partial charge on any atom is -0.387 e. The zero-order valence-corrected chi connectivity index (χ0v) is 14.8. The summed E-state index contributed by atoms with van der Waals surface area (Å²) in [5, 5.41) is 0. The van der Waals surface area contributed by atoms with Crippen LogP contribution in [-0.4, -0.2) is 36.0 Å². The van der Waals surface area contributed by atoms with E-state index in [1.807, 2.05) is 6.92 Å². The Bertz CT molecular complexity index is 273. The van der Waals surface area contributed by atoms with Crippen molar-refractivity contribution in [1.29, 1.82) is 0 Å². The maximum absolute atomic E-state index is 10.9. The monoisotopic (exact) mass is 346 g/mol. The molecule has 6 heteroatoms. The Labute approximate surface area is 139 Å². The number of Topliss-reactive ketones (excluding diaryl/α,β-unsaturated/α-hetero) is 1. The second kappa shape index (κ2) is 13.6. The van der Waals surface area contributed by atoms with Crippen molar-refractivity contribution in [3.8, 4) is 0 Å². The van der Waals surface area contributed by atoms with Gasteiger partial charge < -0.3 is 21.2 Å². The summed E-state index contributed by atoms with van der Waals surface area (Å²) in [7, 11) is 0. The van der Waals surface area contributed by atoms with E-state index in [9.17, 15) is 9.59 Å². The van der Waals surface area contributed by atoms with Gasteiger partial charge in [0, 0.05) is 52.1 Å². The van der Waals surface area contributed by atoms with E-state index in [2.05, 4.69) is 4.99 Å². The second-order valence-electron chi connectivity index (χ2n) is 3.82. The van der Waals surface area contributed by atoms with Crippen molar-refractivity contribution in [3.05, 3.63) is 5.92 Å². The van der Waals surface area contributed by atoms with E-state index in [1.165, 1.54) is 0 Å². The van der Waals surface area contributed by atoms with E-state index in [4.69, 9.17) is 5.73 Å². The minimum absolute atomic E-state index is 0. The molecule has 18 heavy (non-hydrogen) atoms. The summed E-state index contributed by atoms with van der Waals surface area (Å²) in [4.78, 5) is 25.1. The van der Waals surface area contributed by atoms with E-state index in [0.29, 0.717) is 18.8 Å². The number of hydrogen-bond donors (Lipinski definition) is 1. The van der Waals surface area contributed by atoms with Crippen LogP contribution in [0.2, 0.25) is 0 Å². The second-order valence-corrected chi connectivity index (χ2v) is 4.93. The van der Waals surface area contributed by atoms with Crippen LogP contribution < -0.4 is 5.73 Å². The van der Waals surface area contributed by atoms with Gasteiger partial charge in [-0.15, -0.1) is 5.75 Å². The minimum atomic E-state index is 0. The van der Waals surface area contributed by atoms with Crippen LogP contribution in [0, 0.1) is 5.92 Å². The van der Waals surface area contributed by atoms with Gasteiger partial charge in [0.1, 0.15) is 6.29 Å². The van der Waals surface area contributed by atoms with Crippen LogP contribution >= 0.6 is 11.8 Å². The molecule has 0 fully saturated rings. The van der Waals surface area contributed by atoms with Crippen LogP contribution in [0.15, 0.2) is 4.99 Å². The molecule has 4 nitrogen and oxygen atoms in total.